The van der Waals surface area contributed by atoms with Crippen molar-refractivity contribution in [3.8, 4) is 12.3 Å². The molecule has 3 fully saturated rings. The van der Waals surface area contributed by atoms with Gasteiger partial charge in [-0.25, -0.2) is 0 Å². The molecule has 3 saturated carbocycles. The van der Waals surface area contributed by atoms with Crippen LogP contribution in [0, 0.1) is 46.8 Å². The summed E-state index contributed by atoms with van der Waals surface area (Å²) in [5.41, 5.74) is 1.74. The van der Waals surface area contributed by atoms with Gasteiger partial charge in [0.2, 0.25) is 0 Å². The zero-order chi connectivity index (χ0) is 20.2. The van der Waals surface area contributed by atoms with Crippen LogP contribution in [0.2, 0.25) is 0 Å². The summed E-state index contributed by atoms with van der Waals surface area (Å²) in [5, 5.41) is 0. The summed E-state index contributed by atoms with van der Waals surface area (Å²) in [6.45, 7) is 12.9. The Balaban J connectivity index is 0.000000614. The number of hydrogen-bond acceptors (Lipinski definition) is 1. The summed E-state index contributed by atoms with van der Waals surface area (Å²) in [6.07, 6.45) is 18.9. The van der Waals surface area contributed by atoms with Crippen LogP contribution in [0.3, 0.4) is 0 Å². The van der Waals surface area contributed by atoms with E-state index in [4.69, 9.17) is 6.42 Å². The number of hydrogen-bond donors (Lipinski definition) is 0. The minimum atomic E-state index is -0.399. The number of carbonyl (C=O) groups excluding carboxylic acids is 1. The van der Waals surface area contributed by atoms with Crippen LogP contribution in [-0.4, -0.2) is 5.78 Å². The predicted molar refractivity (Wildman–Crippen MR) is 116 cm³/mol. The average Bonchev–Trinajstić information content (AvgIpc) is 3.07. The van der Waals surface area contributed by atoms with Crippen molar-refractivity contribution >= 4 is 5.78 Å². The molecular weight excluding hydrogens is 328 g/mol. The van der Waals surface area contributed by atoms with Crippen molar-refractivity contribution in [3.63, 3.8) is 0 Å². The SMILES string of the molecule is C#CC12CCC3C(CC=C4CC(CC)CCC43C)C1CCC2=O.CC.CC. The monoisotopic (exact) mass is 370 g/mol. The molecule has 0 bridgehead atoms. The van der Waals surface area contributed by atoms with Crippen molar-refractivity contribution in [3.05, 3.63) is 11.6 Å². The van der Waals surface area contributed by atoms with Crippen LogP contribution in [0.5, 0.6) is 0 Å². The smallest absolute Gasteiger partial charge is 0.151 e. The first kappa shape index (κ1) is 22.3. The normalized spacial score (nSPS) is 42.0. The number of allylic oxidation sites excluding steroid dienone is 2. The van der Waals surface area contributed by atoms with Gasteiger partial charge in [-0.05, 0) is 74.0 Å². The van der Waals surface area contributed by atoms with Gasteiger partial charge in [0.05, 0.1) is 5.41 Å². The summed E-state index contributed by atoms with van der Waals surface area (Å²) >= 11 is 0. The van der Waals surface area contributed by atoms with E-state index < -0.39 is 5.41 Å². The molecule has 0 aliphatic heterocycles. The van der Waals surface area contributed by atoms with Crippen molar-refractivity contribution in [1.82, 2.24) is 0 Å². The number of terminal acetylenes is 1. The standard InChI is InChI=1S/C22H30O.2C2H6/c1-4-15-10-12-21(3)16(14-15)6-7-17-18(21)11-13-22(5-2)19(17)8-9-20(22)23;2*1-2/h2,6,15,17-19H,4,7-14H2,1,3H3;2*1-2H3. The fraction of sp³-hybridized carbons (Fsp3) is 0.808. The summed E-state index contributed by atoms with van der Waals surface area (Å²) in [6, 6.07) is 0. The fourth-order valence-electron chi connectivity index (χ4n) is 6.80. The number of carbonyl (C=O) groups is 1. The van der Waals surface area contributed by atoms with Crippen molar-refractivity contribution in [2.45, 2.75) is 99.3 Å². The summed E-state index contributed by atoms with van der Waals surface area (Å²) in [7, 11) is 0. The van der Waals surface area contributed by atoms with Gasteiger partial charge < -0.3 is 0 Å². The largest absolute Gasteiger partial charge is 0.298 e. The Labute approximate surface area is 168 Å². The molecule has 4 aliphatic rings. The molecule has 0 heterocycles. The molecule has 0 N–H and O–H groups in total. The molecular formula is C26H42O. The van der Waals surface area contributed by atoms with Gasteiger partial charge in [-0.2, -0.15) is 0 Å². The van der Waals surface area contributed by atoms with E-state index in [0.717, 1.165) is 31.1 Å². The van der Waals surface area contributed by atoms with E-state index in [1.807, 2.05) is 27.7 Å². The van der Waals surface area contributed by atoms with E-state index in [1.54, 1.807) is 5.57 Å². The van der Waals surface area contributed by atoms with Gasteiger partial charge in [0.25, 0.3) is 0 Å². The van der Waals surface area contributed by atoms with Crippen LogP contribution in [0.15, 0.2) is 11.6 Å². The Morgan fingerprint density at radius 3 is 2.44 bits per heavy atom. The minimum absolute atomic E-state index is 0.373. The van der Waals surface area contributed by atoms with Gasteiger partial charge in [0.15, 0.2) is 5.78 Å². The van der Waals surface area contributed by atoms with E-state index in [2.05, 4.69) is 25.8 Å². The zero-order valence-corrected chi connectivity index (χ0v) is 18.7. The van der Waals surface area contributed by atoms with E-state index in [1.165, 1.54) is 38.5 Å². The molecule has 4 aliphatic carbocycles. The lowest BCUT2D eigenvalue weighted by molar-refractivity contribution is -0.128. The molecule has 6 atom stereocenters. The Morgan fingerprint density at radius 1 is 1.11 bits per heavy atom. The molecule has 152 valence electrons. The summed E-state index contributed by atoms with van der Waals surface area (Å²) < 4.78 is 0. The molecule has 0 aromatic rings. The van der Waals surface area contributed by atoms with Crippen LogP contribution >= 0.6 is 0 Å². The first-order valence-corrected chi connectivity index (χ1v) is 11.8. The molecule has 0 spiro atoms. The maximum atomic E-state index is 12.5. The summed E-state index contributed by atoms with van der Waals surface area (Å²) in [4.78, 5) is 12.5. The maximum absolute atomic E-state index is 12.5. The molecule has 1 nitrogen and oxygen atoms in total. The van der Waals surface area contributed by atoms with Crippen LogP contribution in [0.1, 0.15) is 99.3 Å². The number of fused-ring (bicyclic) bond motifs is 5. The Morgan fingerprint density at radius 2 is 1.81 bits per heavy atom. The molecule has 1 heteroatoms. The van der Waals surface area contributed by atoms with Crippen LogP contribution in [-0.2, 0) is 4.79 Å². The molecule has 0 radical (unpaired) electrons. The lowest BCUT2D eigenvalue weighted by atomic mass is 9.47. The van der Waals surface area contributed by atoms with Crippen molar-refractivity contribution in [1.29, 1.82) is 0 Å². The van der Waals surface area contributed by atoms with Crippen molar-refractivity contribution in [2.24, 2.45) is 34.5 Å². The lowest BCUT2D eigenvalue weighted by Crippen LogP contribution is -2.50. The highest BCUT2D eigenvalue weighted by Gasteiger charge is 2.59. The molecule has 0 saturated heterocycles. The van der Waals surface area contributed by atoms with E-state index in [0.29, 0.717) is 23.0 Å². The number of Topliss-reactive ketones (excluding diaryl/α,β-unsaturated/α-hetero) is 1. The molecule has 0 aromatic carbocycles. The van der Waals surface area contributed by atoms with E-state index >= 15 is 0 Å². The minimum Gasteiger partial charge on any atom is -0.298 e. The van der Waals surface area contributed by atoms with Gasteiger partial charge in [0, 0.05) is 6.42 Å². The fourth-order valence-corrected chi connectivity index (χ4v) is 6.80. The zero-order valence-electron chi connectivity index (χ0n) is 18.7. The van der Waals surface area contributed by atoms with Gasteiger partial charge >= 0.3 is 0 Å². The Hall–Kier alpha value is -1.03. The maximum Gasteiger partial charge on any atom is 0.151 e. The highest BCUT2D eigenvalue weighted by molar-refractivity contribution is 5.90. The third-order valence-electron chi connectivity index (χ3n) is 8.30. The van der Waals surface area contributed by atoms with E-state index in [9.17, 15) is 4.79 Å². The van der Waals surface area contributed by atoms with Gasteiger partial charge in [-0.15, -0.1) is 6.42 Å². The Bertz CT molecular complexity index is 594. The van der Waals surface area contributed by atoms with Crippen LogP contribution < -0.4 is 0 Å². The second-order valence-electron chi connectivity index (χ2n) is 8.89. The van der Waals surface area contributed by atoms with Crippen molar-refractivity contribution < 1.29 is 4.79 Å². The number of rotatable bonds is 1. The topological polar surface area (TPSA) is 17.1 Å². The first-order chi connectivity index (χ1) is 13.0. The highest BCUT2D eigenvalue weighted by Crippen LogP contribution is 2.64. The highest BCUT2D eigenvalue weighted by atomic mass is 16.1. The van der Waals surface area contributed by atoms with Crippen LogP contribution in [0.4, 0.5) is 0 Å². The third-order valence-corrected chi connectivity index (χ3v) is 8.30. The predicted octanol–water partition coefficient (Wildman–Crippen LogP) is 7.21. The Kier molecular flexibility index (Phi) is 7.40. The number of ketones is 1. The molecule has 6 unspecified atom stereocenters. The molecule has 27 heavy (non-hydrogen) atoms. The second kappa shape index (κ2) is 8.98. The lowest BCUT2D eigenvalue weighted by Gasteiger charge is -2.56. The van der Waals surface area contributed by atoms with Gasteiger partial charge in [-0.3, -0.25) is 4.79 Å². The second-order valence-corrected chi connectivity index (χ2v) is 8.89. The summed E-state index contributed by atoms with van der Waals surface area (Å²) in [5.74, 6) is 6.13. The van der Waals surface area contributed by atoms with Gasteiger partial charge in [0.1, 0.15) is 0 Å². The van der Waals surface area contributed by atoms with Gasteiger partial charge in [-0.1, -0.05) is 65.5 Å². The average molecular weight is 371 g/mol. The molecule has 4 rings (SSSR count). The molecule has 0 aromatic heterocycles. The third kappa shape index (κ3) is 3.43. The first-order valence-electron chi connectivity index (χ1n) is 11.8. The van der Waals surface area contributed by atoms with Crippen LogP contribution in [0.25, 0.3) is 0 Å². The van der Waals surface area contributed by atoms with Crippen molar-refractivity contribution in [2.75, 3.05) is 0 Å². The molecule has 0 amide bonds. The quantitative estimate of drug-likeness (QED) is 0.352. The van der Waals surface area contributed by atoms with E-state index in [-0.39, 0.29) is 0 Å².